The van der Waals surface area contributed by atoms with E-state index in [1.165, 1.54) is 35.6 Å². The molecule has 1 aliphatic heterocycles. The third kappa shape index (κ3) is 6.59. The van der Waals surface area contributed by atoms with Crippen molar-refractivity contribution in [2.45, 2.75) is 38.3 Å². The van der Waals surface area contributed by atoms with Gasteiger partial charge in [0.05, 0.1) is 27.6 Å². The number of thiazole rings is 1. The molecule has 37 heavy (non-hydrogen) atoms. The summed E-state index contributed by atoms with van der Waals surface area (Å²) in [6.45, 7) is 0.636. The fraction of sp³-hybridized carbons (Fsp3) is 0.360. The molecule has 4 rings (SSSR count). The van der Waals surface area contributed by atoms with E-state index in [-0.39, 0.29) is 50.4 Å². The number of rotatable bonds is 6. The first-order valence-corrected chi connectivity index (χ1v) is 12.0. The third-order valence-corrected chi connectivity index (χ3v) is 7.21. The molecule has 196 valence electrons. The van der Waals surface area contributed by atoms with Crippen LogP contribution in [0.4, 0.5) is 30.7 Å². The van der Waals surface area contributed by atoms with Crippen LogP contribution in [0.15, 0.2) is 42.5 Å². The second-order valence-corrected chi connectivity index (χ2v) is 9.68. The molecule has 1 aliphatic rings. The van der Waals surface area contributed by atoms with E-state index in [0.717, 1.165) is 18.2 Å². The zero-order valence-corrected chi connectivity index (χ0v) is 20.0. The lowest BCUT2D eigenvalue weighted by atomic mass is 9.96. The minimum absolute atomic E-state index is 0.0320. The van der Waals surface area contributed by atoms with Crippen molar-refractivity contribution in [3.05, 3.63) is 70.0 Å². The standard InChI is InChI=1S/C25H20F7N3OS/c26-20-11-19(6-3-16(20)12-33)36-14-22-21(13-35-9-7-18(8-10-35)25(30,31)32)34-23(37-22)15-1-4-17(5-2-15)24(27,28)29/h1-6,11,18H,7-10,13-14H2. The molecule has 12 heteroatoms. The number of piperidine rings is 1. The summed E-state index contributed by atoms with van der Waals surface area (Å²) in [6.07, 6.45) is -8.78. The molecule has 4 nitrogen and oxygen atoms in total. The molecule has 0 radical (unpaired) electrons. The van der Waals surface area contributed by atoms with Crippen molar-refractivity contribution >= 4 is 11.3 Å². The number of benzene rings is 2. The number of nitriles is 1. The predicted molar refractivity (Wildman–Crippen MR) is 122 cm³/mol. The molecule has 0 aliphatic carbocycles. The number of halogens is 7. The maximum Gasteiger partial charge on any atom is 0.416 e. The van der Waals surface area contributed by atoms with E-state index < -0.39 is 29.7 Å². The van der Waals surface area contributed by atoms with Gasteiger partial charge in [-0.25, -0.2) is 9.37 Å². The zero-order valence-electron chi connectivity index (χ0n) is 19.2. The molecule has 3 aromatic rings. The van der Waals surface area contributed by atoms with Crippen LogP contribution in [-0.2, 0) is 19.3 Å². The molecule has 0 atom stereocenters. The second-order valence-electron chi connectivity index (χ2n) is 8.60. The molecule has 0 unspecified atom stereocenters. The normalized spacial score (nSPS) is 15.5. The van der Waals surface area contributed by atoms with Crippen LogP contribution in [0.2, 0.25) is 0 Å². The van der Waals surface area contributed by atoms with Gasteiger partial charge in [-0.05, 0) is 50.2 Å². The summed E-state index contributed by atoms with van der Waals surface area (Å²) < 4.78 is 97.5. The van der Waals surface area contributed by atoms with Crippen LogP contribution < -0.4 is 4.74 Å². The van der Waals surface area contributed by atoms with E-state index >= 15 is 0 Å². The minimum atomic E-state index is -4.48. The van der Waals surface area contributed by atoms with Crippen LogP contribution in [0.25, 0.3) is 10.6 Å². The SMILES string of the molecule is N#Cc1ccc(OCc2sc(-c3ccc(C(F)(F)F)cc3)nc2CN2CCC(C(F)(F)F)CC2)cc1F. The smallest absolute Gasteiger partial charge is 0.416 e. The number of nitrogens with zero attached hydrogens (tertiary/aromatic N) is 3. The lowest BCUT2D eigenvalue weighted by Gasteiger charge is -2.32. The van der Waals surface area contributed by atoms with Gasteiger partial charge in [0.15, 0.2) is 0 Å². The average Bonchev–Trinajstić information content (AvgIpc) is 3.24. The Morgan fingerprint density at radius 1 is 1.03 bits per heavy atom. The Hall–Kier alpha value is -3.17. The van der Waals surface area contributed by atoms with Gasteiger partial charge in [0.1, 0.15) is 29.3 Å². The van der Waals surface area contributed by atoms with Crippen LogP contribution in [0.5, 0.6) is 5.75 Å². The third-order valence-electron chi connectivity index (χ3n) is 6.09. The van der Waals surface area contributed by atoms with E-state index in [2.05, 4.69) is 4.98 Å². The van der Waals surface area contributed by atoms with Gasteiger partial charge in [0, 0.05) is 18.2 Å². The van der Waals surface area contributed by atoms with Crippen LogP contribution in [0.3, 0.4) is 0 Å². The number of hydrogen-bond donors (Lipinski definition) is 0. The molecular weight excluding hydrogens is 523 g/mol. The summed E-state index contributed by atoms with van der Waals surface area (Å²) in [6, 6.07) is 10.0. The maximum absolute atomic E-state index is 13.9. The molecular formula is C25H20F7N3OS. The number of likely N-dealkylation sites (tertiary alicyclic amines) is 1. The molecule has 1 saturated heterocycles. The van der Waals surface area contributed by atoms with Gasteiger partial charge in [-0.1, -0.05) is 12.1 Å². The van der Waals surface area contributed by atoms with Gasteiger partial charge in [-0.2, -0.15) is 31.6 Å². The number of aromatic nitrogens is 1. The van der Waals surface area contributed by atoms with Crippen LogP contribution in [0.1, 0.15) is 34.5 Å². The fourth-order valence-corrected chi connectivity index (χ4v) is 4.99. The van der Waals surface area contributed by atoms with Gasteiger partial charge in [-0.3, -0.25) is 4.90 Å². The highest BCUT2D eigenvalue weighted by Crippen LogP contribution is 2.36. The molecule has 0 spiro atoms. The van der Waals surface area contributed by atoms with Crippen molar-refractivity contribution in [1.82, 2.24) is 9.88 Å². The van der Waals surface area contributed by atoms with E-state index in [1.807, 2.05) is 4.90 Å². The van der Waals surface area contributed by atoms with Crippen molar-refractivity contribution in [3.63, 3.8) is 0 Å². The van der Waals surface area contributed by atoms with Gasteiger partial charge in [-0.15, -0.1) is 11.3 Å². The van der Waals surface area contributed by atoms with E-state index in [9.17, 15) is 30.7 Å². The Labute approximate surface area is 211 Å². The van der Waals surface area contributed by atoms with Gasteiger partial charge in [0.25, 0.3) is 0 Å². The quantitative estimate of drug-likeness (QED) is 0.309. The highest BCUT2D eigenvalue weighted by molar-refractivity contribution is 7.15. The molecule has 2 aromatic carbocycles. The Bertz CT molecular complexity index is 1270. The zero-order chi connectivity index (χ0) is 26.8. The molecule has 0 amide bonds. The lowest BCUT2D eigenvalue weighted by Crippen LogP contribution is -2.38. The second kappa shape index (κ2) is 10.7. The maximum atomic E-state index is 13.9. The fourth-order valence-electron chi connectivity index (χ4n) is 4.00. The summed E-state index contributed by atoms with van der Waals surface area (Å²) in [5.41, 5.74) is 0.0369. The Balaban J connectivity index is 1.55. The first-order valence-electron chi connectivity index (χ1n) is 11.2. The van der Waals surface area contributed by atoms with E-state index in [1.54, 1.807) is 6.07 Å². The van der Waals surface area contributed by atoms with Gasteiger partial charge >= 0.3 is 12.4 Å². The molecule has 0 N–H and O–H groups in total. The van der Waals surface area contributed by atoms with Crippen molar-refractivity contribution in [2.75, 3.05) is 13.1 Å². The van der Waals surface area contributed by atoms with Crippen molar-refractivity contribution in [3.8, 4) is 22.4 Å². The molecule has 1 aromatic heterocycles. The van der Waals surface area contributed by atoms with Crippen molar-refractivity contribution < 1.29 is 35.5 Å². The molecule has 0 bridgehead atoms. The molecule has 2 heterocycles. The molecule has 0 saturated carbocycles. The number of hydrogen-bond acceptors (Lipinski definition) is 5. The Morgan fingerprint density at radius 3 is 2.27 bits per heavy atom. The van der Waals surface area contributed by atoms with Crippen LogP contribution in [0, 0.1) is 23.1 Å². The summed E-state index contributed by atoms with van der Waals surface area (Å²) in [5, 5.41) is 9.31. The van der Waals surface area contributed by atoms with Crippen LogP contribution >= 0.6 is 11.3 Å². The predicted octanol–water partition coefficient (Wildman–Crippen LogP) is 7.19. The summed E-state index contributed by atoms with van der Waals surface area (Å²) in [7, 11) is 0. The first kappa shape index (κ1) is 26.9. The van der Waals surface area contributed by atoms with Crippen molar-refractivity contribution in [2.24, 2.45) is 5.92 Å². The highest BCUT2D eigenvalue weighted by atomic mass is 32.1. The Morgan fingerprint density at radius 2 is 1.70 bits per heavy atom. The largest absolute Gasteiger partial charge is 0.488 e. The average molecular weight is 544 g/mol. The Kier molecular flexibility index (Phi) is 7.75. The lowest BCUT2D eigenvalue weighted by molar-refractivity contribution is -0.185. The summed E-state index contributed by atoms with van der Waals surface area (Å²) >= 11 is 1.18. The summed E-state index contributed by atoms with van der Waals surface area (Å²) in [5.74, 6) is -1.93. The van der Waals surface area contributed by atoms with E-state index in [0.29, 0.717) is 21.1 Å². The first-order chi connectivity index (χ1) is 17.4. The van der Waals surface area contributed by atoms with Gasteiger partial charge < -0.3 is 4.74 Å². The van der Waals surface area contributed by atoms with Crippen molar-refractivity contribution in [1.29, 1.82) is 5.26 Å². The summed E-state index contributed by atoms with van der Waals surface area (Å²) in [4.78, 5) is 7.02. The monoisotopic (exact) mass is 543 g/mol. The van der Waals surface area contributed by atoms with Gasteiger partial charge in [0.2, 0.25) is 0 Å². The topological polar surface area (TPSA) is 49.1 Å². The molecule has 1 fully saturated rings. The number of alkyl halides is 6. The van der Waals surface area contributed by atoms with E-state index in [4.69, 9.17) is 10.00 Å². The number of ether oxygens (including phenoxy) is 1. The minimum Gasteiger partial charge on any atom is -0.488 e. The highest BCUT2D eigenvalue weighted by Gasteiger charge is 2.41. The van der Waals surface area contributed by atoms with Crippen LogP contribution in [-0.4, -0.2) is 29.1 Å².